The Morgan fingerprint density at radius 1 is 0.828 bits per heavy atom. The number of fused-ring (bicyclic) bond motifs is 1. The van der Waals surface area contributed by atoms with Gasteiger partial charge in [0.2, 0.25) is 5.82 Å². The van der Waals surface area contributed by atoms with E-state index < -0.39 is 0 Å². The van der Waals surface area contributed by atoms with Gasteiger partial charge in [-0.05, 0) is 41.1 Å². The molecule has 2 heterocycles. The average Bonchev–Trinajstić information content (AvgIpc) is 3.23. The summed E-state index contributed by atoms with van der Waals surface area (Å²) in [6.07, 6.45) is 0. The van der Waals surface area contributed by atoms with Crippen molar-refractivity contribution >= 4 is 10.9 Å². The Bertz CT molecular complexity index is 1370. The Kier molecular flexibility index (Phi) is 3.98. The third-order valence-corrected chi connectivity index (χ3v) is 4.67. The van der Waals surface area contributed by atoms with Gasteiger partial charge in [0, 0.05) is 22.0 Å². The molecule has 0 bridgehead atoms. The molecular weight excluding hydrogens is 369 g/mol. The van der Waals surface area contributed by atoms with E-state index in [2.05, 4.69) is 20.4 Å². The van der Waals surface area contributed by atoms with Crippen LogP contribution in [-0.4, -0.2) is 25.2 Å². The normalized spacial score (nSPS) is 11.1. The number of benzene rings is 3. The van der Waals surface area contributed by atoms with Crippen LogP contribution in [0.5, 0.6) is 0 Å². The van der Waals surface area contributed by atoms with E-state index in [1.165, 1.54) is 16.9 Å². The van der Waals surface area contributed by atoms with Gasteiger partial charge in [0.05, 0.1) is 0 Å². The van der Waals surface area contributed by atoms with E-state index in [0.29, 0.717) is 17.0 Å². The zero-order valence-corrected chi connectivity index (χ0v) is 15.1. The van der Waals surface area contributed by atoms with E-state index >= 15 is 0 Å². The highest BCUT2D eigenvalue weighted by molar-refractivity contribution is 5.98. The van der Waals surface area contributed by atoms with Gasteiger partial charge in [-0.15, -0.1) is 15.0 Å². The number of aromatic amines is 1. The topological polar surface area (TPSA) is 76.5 Å². The molecule has 7 heteroatoms. The van der Waals surface area contributed by atoms with Crippen LogP contribution in [0.15, 0.2) is 83.7 Å². The number of hydrogen-bond acceptors (Lipinski definition) is 4. The van der Waals surface area contributed by atoms with Crippen LogP contribution in [0.25, 0.3) is 39.1 Å². The number of pyridine rings is 1. The maximum absolute atomic E-state index is 13.2. The zero-order chi connectivity index (χ0) is 19.8. The number of nitrogens with zero attached hydrogens (tertiary/aromatic N) is 4. The highest BCUT2D eigenvalue weighted by atomic mass is 19.1. The van der Waals surface area contributed by atoms with Crippen LogP contribution in [-0.2, 0) is 0 Å². The lowest BCUT2D eigenvalue weighted by molar-refractivity contribution is 0.628. The summed E-state index contributed by atoms with van der Waals surface area (Å²) in [5.41, 5.74) is 2.86. The maximum atomic E-state index is 13.2. The summed E-state index contributed by atoms with van der Waals surface area (Å²) in [5.74, 6) is -0.0463. The maximum Gasteiger partial charge on any atom is 0.276 e. The van der Waals surface area contributed by atoms with Gasteiger partial charge >= 0.3 is 0 Å². The molecule has 6 nitrogen and oxygen atoms in total. The van der Waals surface area contributed by atoms with Crippen LogP contribution in [0.4, 0.5) is 4.39 Å². The fourth-order valence-electron chi connectivity index (χ4n) is 3.34. The van der Waals surface area contributed by atoms with Crippen LogP contribution in [0.1, 0.15) is 0 Å². The van der Waals surface area contributed by atoms with E-state index in [0.717, 1.165) is 16.5 Å². The SMILES string of the molecule is O=c1[nH]c2ccccc2c(-c2ccccc2)c1-n1nnc(-c2ccc(F)cc2)n1. The van der Waals surface area contributed by atoms with Crippen molar-refractivity contribution in [3.8, 4) is 28.2 Å². The molecule has 0 unspecified atom stereocenters. The molecule has 1 N–H and O–H groups in total. The second-order valence-electron chi connectivity index (χ2n) is 6.50. The number of para-hydroxylation sites is 1. The van der Waals surface area contributed by atoms with Gasteiger partial charge in [-0.1, -0.05) is 48.5 Å². The number of halogens is 1. The Morgan fingerprint density at radius 2 is 1.55 bits per heavy atom. The fourth-order valence-corrected chi connectivity index (χ4v) is 3.34. The minimum atomic E-state index is -0.349. The molecule has 3 aromatic carbocycles. The average molecular weight is 383 g/mol. The van der Waals surface area contributed by atoms with Crippen molar-refractivity contribution in [2.75, 3.05) is 0 Å². The lowest BCUT2D eigenvalue weighted by Crippen LogP contribution is -2.18. The summed E-state index contributed by atoms with van der Waals surface area (Å²) >= 11 is 0. The molecule has 0 fully saturated rings. The molecule has 2 aromatic heterocycles. The van der Waals surface area contributed by atoms with Crippen molar-refractivity contribution in [2.45, 2.75) is 0 Å². The Balaban J connectivity index is 1.77. The van der Waals surface area contributed by atoms with Crippen LogP contribution in [0.3, 0.4) is 0 Å². The van der Waals surface area contributed by atoms with Gasteiger partial charge in [0.1, 0.15) is 5.82 Å². The van der Waals surface area contributed by atoms with Crippen LogP contribution < -0.4 is 5.56 Å². The van der Waals surface area contributed by atoms with Crippen molar-refractivity contribution in [1.29, 1.82) is 0 Å². The summed E-state index contributed by atoms with van der Waals surface area (Å²) in [5, 5.41) is 13.4. The van der Waals surface area contributed by atoms with Gasteiger partial charge < -0.3 is 4.98 Å². The number of aromatic nitrogens is 5. The fraction of sp³-hybridized carbons (Fsp3) is 0. The smallest absolute Gasteiger partial charge is 0.276 e. The minimum absolute atomic E-state index is 0.274. The molecule has 0 spiro atoms. The first-order chi connectivity index (χ1) is 14.2. The van der Waals surface area contributed by atoms with E-state index in [-0.39, 0.29) is 17.1 Å². The number of nitrogens with one attached hydrogen (secondary N) is 1. The number of rotatable bonds is 3. The Labute approximate surface area is 164 Å². The van der Waals surface area contributed by atoms with Crippen molar-refractivity contribution in [1.82, 2.24) is 25.2 Å². The lowest BCUT2D eigenvalue weighted by Gasteiger charge is -2.11. The van der Waals surface area contributed by atoms with Gasteiger partial charge in [0.15, 0.2) is 5.69 Å². The lowest BCUT2D eigenvalue weighted by atomic mass is 9.99. The predicted molar refractivity (Wildman–Crippen MR) is 108 cm³/mol. The molecule has 29 heavy (non-hydrogen) atoms. The van der Waals surface area contributed by atoms with E-state index in [1.54, 1.807) is 12.1 Å². The molecule has 0 amide bonds. The van der Waals surface area contributed by atoms with Crippen LogP contribution >= 0.6 is 0 Å². The molecule has 0 aliphatic carbocycles. The first-order valence-corrected chi connectivity index (χ1v) is 8.97. The standard InChI is InChI=1S/C22H14FN5O/c23-16-12-10-15(11-13-16)21-25-27-28(26-21)20-19(14-6-2-1-3-7-14)17-8-4-5-9-18(17)24-22(20)29/h1-13H,(H,24,29). The largest absolute Gasteiger partial charge is 0.320 e. The molecule has 0 atom stereocenters. The first-order valence-electron chi connectivity index (χ1n) is 8.97. The molecule has 140 valence electrons. The molecule has 5 rings (SSSR count). The number of tetrazole rings is 1. The van der Waals surface area contributed by atoms with E-state index in [1.807, 2.05) is 54.6 Å². The second kappa shape index (κ2) is 6.79. The van der Waals surface area contributed by atoms with E-state index in [4.69, 9.17) is 0 Å². The van der Waals surface area contributed by atoms with Gasteiger partial charge in [0.25, 0.3) is 5.56 Å². The first kappa shape index (κ1) is 17.0. The Hall–Kier alpha value is -4.13. The second-order valence-corrected chi connectivity index (χ2v) is 6.50. The third kappa shape index (κ3) is 2.98. The molecule has 0 saturated heterocycles. The third-order valence-electron chi connectivity index (χ3n) is 4.67. The monoisotopic (exact) mass is 383 g/mol. The van der Waals surface area contributed by atoms with Crippen molar-refractivity contribution in [2.24, 2.45) is 0 Å². The highest BCUT2D eigenvalue weighted by Crippen LogP contribution is 2.31. The predicted octanol–water partition coefficient (Wildman–Crippen LogP) is 3.98. The number of hydrogen-bond donors (Lipinski definition) is 1. The summed E-state index contributed by atoms with van der Waals surface area (Å²) in [4.78, 5) is 17.1. The molecular formula is C22H14FN5O. The van der Waals surface area contributed by atoms with Crippen molar-refractivity contribution < 1.29 is 4.39 Å². The molecule has 0 radical (unpaired) electrons. The van der Waals surface area contributed by atoms with Gasteiger partial charge in [-0.2, -0.15) is 0 Å². The summed E-state index contributed by atoms with van der Waals surface area (Å²) in [6.45, 7) is 0. The molecule has 5 aromatic rings. The molecule has 0 aliphatic rings. The van der Waals surface area contributed by atoms with Crippen molar-refractivity contribution in [3.63, 3.8) is 0 Å². The summed E-state index contributed by atoms with van der Waals surface area (Å²) in [7, 11) is 0. The van der Waals surface area contributed by atoms with Gasteiger partial charge in [-0.25, -0.2) is 4.39 Å². The zero-order valence-electron chi connectivity index (χ0n) is 15.1. The minimum Gasteiger partial charge on any atom is -0.320 e. The molecule has 0 saturated carbocycles. The summed E-state index contributed by atoms with van der Waals surface area (Å²) < 4.78 is 13.2. The van der Waals surface area contributed by atoms with E-state index in [9.17, 15) is 9.18 Å². The Morgan fingerprint density at radius 3 is 2.34 bits per heavy atom. The van der Waals surface area contributed by atoms with Gasteiger partial charge in [-0.3, -0.25) is 4.79 Å². The quantitative estimate of drug-likeness (QED) is 0.511. The van der Waals surface area contributed by atoms with Crippen LogP contribution in [0.2, 0.25) is 0 Å². The van der Waals surface area contributed by atoms with Crippen molar-refractivity contribution in [3.05, 3.63) is 95.0 Å². The highest BCUT2D eigenvalue weighted by Gasteiger charge is 2.19. The number of H-pyrrole nitrogens is 1. The molecule has 0 aliphatic heterocycles. The van der Waals surface area contributed by atoms with Crippen LogP contribution in [0, 0.1) is 5.82 Å². The summed E-state index contributed by atoms with van der Waals surface area (Å²) in [6, 6.07) is 23.0.